The molecule has 0 heterocycles. The Bertz CT molecular complexity index is 666. The summed E-state index contributed by atoms with van der Waals surface area (Å²) in [6.07, 6.45) is 0.972. The van der Waals surface area contributed by atoms with Crippen molar-refractivity contribution >= 4 is 23.4 Å². The van der Waals surface area contributed by atoms with E-state index >= 15 is 0 Å². The first-order valence-electron chi connectivity index (χ1n) is 7.46. The Morgan fingerprint density at radius 3 is 1.61 bits per heavy atom. The monoisotopic (exact) mass is 330 g/mol. The van der Waals surface area contributed by atoms with Crippen molar-refractivity contribution in [2.45, 2.75) is 26.4 Å². The van der Waals surface area contributed by atoms with Gasteiger partial charge in [-0.1, -0.05) is 54.9 Å². The van der Waals surface area contributed by atoms with Gasteiger partial charge in [-0.25, -0.2) is 0 Å². The SMILES string of the molecule is CCc1ccc(CNC(=O)C(=O)NCc2ccc(Cl)cc2)cc1. The van der Waals surface area contributed by atoms with Gasteiger partial charge in [0.25, 0.3) is 0 Å². The summed E-state index contributed by atoms with van der Waals surface area (Å²) in [6.45, 7) is 2.70. The third-order valence-corrected chi connectivity index (χ3v) is 3.71. The third kappa shape index (κ3) is 5.42. The molecule has 0 spiro atoms. The minimum atomic E-state index is -0.648. The molecule has 0 aromatic heterocycles. The quantitative estimate of drug-likeness (QED) is 0.828. The molecule has 0 aliphatic heterocycles. The zero-order valence-corrected chi connectivity index (χ0v) is 13.7. The van der Waals surface area contributed by atoms with Gasteiger partial charge in [0.05, 0.1) is 0 Å². The number of aryl methyl sites for hydroxylation is 1. The zero-order valence-electron chi connectivity index (χ0n) is 12.9. The third-order valence-electron chi connectivity index (χ3n) is 3.46. The molecule has 23 heavy (non-hydrogen) atoms. The van der Waals surface area contributed by atoms with Crippen LogP contribution in [-0.2, 0) is 29.1 Å². The molecule has 5 heteroatoms. The van der Waals surface area contributed by atoms with Gasteiger partial charge in [0, 0.05) is 18.1 Å². The molecule has 0 aliphatic rings. The van der Waals surface area contributed by atoms with E-state index in [1.165, 1.54) is 5.56 Å². The van der Waals surface area contributed by atoms with E-state index in [9.17, 15) is 9.59 Å². The highest BCUT2D eigenvalue weighted by Crippen LogP contribution is 2.09. The van der Waals surface area contributed by atoms with Crippen LogP contribution in [0.4, 0.5) is 0 Å². The standard InChI is InChI=1S/C18H19ClN2O2/c1-2-13-3-5-14(6-4-13)11-20-17(22)18(23)21-12-15-7-9-16(19)10-8-15/h3-10H,2,11-12H2,1H3,(H,20,22)(H,21,23). The molecule has 2 N–H and O–H groups in total. The molecule has 0 saturated heterocycles. The van der Waals surface area contributed by atoms with Crippen LogP contribution in [0.2, 0.25) is 5.02 Å². The molecule has 2 rings (SSSR count). The van der Waals surface area contributed by atoms with E-state index in [2.05, 4.69) is 17.6 Å². The van der Waals surface area contributed by atoms with Gasteiger partial charge in [-0.15, -0.1) is 0 Å². The van der Waals surface area contributed by atoms with E-state index in [4.69, 9.17) is 11.6 Å². The molecule has 0 unspecified atom stereocenters. The Kier molecular flexibility index (Phi) is 6.18. The zero-order chi connectivity index (χ0) is 16.7. The molecule has 2 aromatic carbocycles. The van der Waals surface area contributed by atoms with Crippen LogP contribution in [0.3, 0.4) is 0 Å². The van der Waals surface area contributed by atoms with E-state index < -0.39 is 11.8 Å². The Morgan fingerprint density at radius 1 is 0.783 bits per heavy atom. The fourth-order valence-corrected chi connectivity index (χ4v) is 2.15. The number of carbonyl (C=O) groups excluding carboxylic acids is 2. The van der Waals surface area contributed by atoms with E-state index in [0.717, 1.165) is 17.5 Å². The Balaban J connectivity index is 1.77. The molecular formula is C18H19ClN2O2. The predicted molar refractivity (Wildman–Crippen MR) is 91.0 cm³/mol. The van der Waals surface area contributed by atoms with Crippen LogP contribution in [0.1, 0.15) is 23.6 Å². The second kappa shape index (κ2) is 8.34. The van der Waals surface area contributed by atoms with Crippen LogP contribution in [0.25, 0.3) is 0 Å². The molecule has 120 valence electrons. The maximum absolute atomic E-state index is 11.8. The summed E-state index contributed by atoms with van der Waals surface area (Å²) in [5.74, 6) is -1.29. The van der Waals surface area contributed by atoms with Gasteiger partial charge in [0.2, 0.25) is 0 Å². The number of halogens is 1. The van der Waals surface area contributed by atoms with E-state index in [0.29, 0.717) is 11.6 Å². The van der Waals surface area contributed by atoms with Crippen molar-refractivity contribution in [1.82, 2.24) is 10.6 Å². The fourth-order valence-electron chi connectivity index (χ4n) is 2.02. The maximum Gasteiger partial charge on any atom is 0.309 e. The molecule has 2 aromatic rings. The smallest absolute Gasteiger partial charge is 0.309 e. The Hall–Kier alpha value is -2.33. The van der Waals surface area contributed by atoms with Crippen LogP contribution in [0.15, 0.2) is 48.5 Å². The van der Waals surface area contributed by atoms with E-state index in [-0.39, 0.29) is 6.54 Å². The lowest BCUT2D eigenvalue weighted by Gasteiger charge is -2.07. The van der Waals surface area contributed by atoms with Gasteiger partial charge >= 0.3 is 11.8 Å². The van der Waals surface area contributed by atoms with Crippen LogP contribution < -0.4 is 10.6 Å². The average molecular weight is 331 g/mol. The number of amides is 2. The summed E-state index contributed by atoms with van der Waals surface area (Å²) in [5.41, 5.74) is 3.08. The first-order chi connectivity index (χ1) is 11.1. The van der Waals surface area contributed by atoms with Gasteiger partial charge < -0.3 is 10.6 Å². The highest BCUT2D eigenvalue weighted by molar-refractivity contribution is 6.35. The van der Waals surface area contributed by atoms with E-state index in [1.54, 1.807) is 24.3 Å². The first-order valence-corrected chi connectivity index (χ1v) is 7.84. The molecule has 0 saturated carbocycles. The van der Waals surface area contributed by atoms with Gasteiger partial charge in [-0.2, -0.15) is 0 Å². The summed E-state index contributed by atoms with van der Waals surface area (Å²) in [5, 5.41) is 5.82. The topological polar surface area (TPSA) is 58.2 Å². The van der Waals surface area contributed by atoms with Crippen molar-refractivity contribution in [1.29, 1.82) is 0 Å². The first kappa shape index (κ1) is 17.0. The van der Waals surface area contributed by atoms with Crippen molar-refractivity contribution in [3.8, 4) is 0 Å². The molecule has 0 atom stereocenters. The molecule has 0 bridgehead atoms. The van der Waals surface area contributed by atoms with Crippen LogP contribution in [0, 0.1) is 0 Å². The molecule has 0 aliphatic carbocycles. The second-order valence-corrected chi connectivity index (χ2v) is 5.60. The van der Waals surface area contributed by atoms with Crippen molar-refractivity contribution in [2.75, 3.05) is 0 Å². The summed E-state index contributed by atoms with van der Waals surface area (Å²) in [6, 6.07) is 15.0. The lowest BCUT2D eigenvalue weighted by Crippen LogP contribution is -2.39. The van der Waals surface area contributed by atoms with Crippen LogP contribution in [0.5, 0.6) is 0 Å². The second-order valence-electron chi connectivity index (χ2n) is 5.16. The van der Waals surface area contributed by atoms with Gasteiger partial charge in [0.1, 0.15) is 0 Å². The normalized spacial score (nSPS) is 10.2. The minimum Gasteiger partial charge on any atom is -0.344 e. The van der Waals surface area contributed by atoms with Crippen LogP contribution in [-0.4, -0.2) is 11.8 Å². The fraction of sp³-hybridized carbons (Fsp3) is 0.222. The van der Waals surface area contributed by atoms with E-state index in [1.807, 2.05) is 24.3 Å². The number of carbonyl (C=O) groups is 2. The molecule has 0 radical (unpaired) electrons. The highest BCUT2D eigenvalue weighted by Gasteiger charge is 2.12. The summed E-state index contributed by atoms with van der Waals surface area (Å²) >= 11 is 5.79. The van der Waals surface area contributed by atoms with Crippen molar-refractivity contribution in [3.63, 3.8) is 0 Å². The van der Waals surface area contributed by atoms with Crippen molar-refractivity contribution in [2.24, 2.45) is 0 Å². The van der Waals surface area contributed by atoms with Gasteiger partial charge in [-0.3, -0.25) is 9.59 Å². The van der Waals surface area contributed by atoms with Crippen molar-refractivity contribution in [3.05, 3.63) is 70.2 Å². The van der Waals surface area contributed by atoms with Gasteiger partial charge in [-0.05, 0) is 35.2 Å². The largest absolute Gasteiger partial charge is 0.344 e. The highest BCUT2D eigenvalue weighted by atomic mass is 35.5. The lowest BCUT2D eigenvalue weighted by molar-refractivity contribution is -0.139. The van der Waals surface area contributed by atoms with Crippen LogP contribution >= 0.6 is 11.6 Å². The number of hydrogen-bond donors (Lipinski definition) is 2. The predicted octanol–water partition coefficient (Wildman–Crippen LogP) is 2.84. The number of nitrogens with one attached hydrogen (secondary N) is 2. The molecule has 2 amide bonds. The number of rotatable bonds is 5. The average Bonchev–Trinajstić information content (AvgIpc) is 2.59. The van der Waals surface area contributed by atoms with Crippen molar-refractivity contribution < 1.29 is 9.59 Å². The summed E-state index contributed by atoms with van der Waals surface area (Å²) < 4.78 is 0. The molecule has 0 fully saturated rings. The number of hydrogen-bond acceptors (Lipinski definition) is 2. The Labute approximate surface area is 140 Å². The minimum absolute atomic E-state index is 0.286. The maximum atomic E-state index is 11.8. The Morgan fingerprint density at radius 2 is 1.17 bits per heavy atom. The lowest BCUT2D eigenvalue weighted by atomic mass is 10.1. The molecular weight excluding hydrogens is 312 g/mol. The molecule has 4 nitrogen and oxygen atoms in total. The number of benzene rings is 2. The van der Waals surface area contributed by atoms with Gasteiger partial charge in [0.15, 0.2) is 0 Å². The summed E-state index contributed by atoms with van der Waals surface area (Å²) in [7, 11) is 0. The summed E-state index contributed by atoms with van der Waals surface area (Å²) in [4.78, 5) is 23.5.